The van der Waals surface area contributed by atoms with E-state index in [0.29, 0.717) is 10.0 Å². The van der Waals surface area contributed by atoms with Crippen molar-refractivity contribution in [2.45, 2.75) is 12.5 Å². The van der Waals surface area contributed by atoms with Gasteiger partial charge in [0.05, 0.1) is 30.3 Å². The zero-order valence-corrected chi connectivity index (χ0v) is 16.6. The minimum Gasteiger partial charge on any atom is -0.497 e. The maximum absolute atomic E-state index is 6.33. The Labute approximate surface area is 165 Å². The second kappa shape index (κ2) is 8.96. The number of hydrogen-bond acceptors (Lipinski definition) is 4. The molecule has 4 nitrogen and oxygen atoms in total. The fourth-order valence-corrected chi connectivity index (χ4v) is 3.75. The summed E-state index contributed by atoms with van der Waals surface area (Å²) in [5, 5.41) is 4.58. The molecule has 0 aromatic heterocycles. The van der Waals surface area contributed by atoms with E-state index in [2.05, 4.69) is 10.2 Å². The molecule has 0 bridgehead atoms. The van der Waals surface area contributed by atoms with Crippen LogP contribution >= 0.6 is 23.2 Å². The SMILES string of the molecule is COc1ccc(OC)c(C(c2ccc(Cl)c(Cl)c2)N2CCCNCC2)c1. The highest BCUT2D eigenvalue weighted by Gasteiger charge is 2.27. The Hall–Kier alpha value is -1.46. The van der Waals surface area contributed by atoms with Gasteiger partial charge >= 0.3 is 0 Å². The molecule has 26 heavy (non-hydrogen) atoms. The molecular formula is C20H24Cl2N2O2. The molecule has 1 saturated heterocycles. The van der Waals surface area contributed by atoms with Crippen LogP contribution in [0.4, 0.5) is 0 Å². The summed E-state index contributed by atoms with van der Waals surface area (Å²) in [5.41, 5.74) is 2.15. The van der Waals surface area contributed by atoms with Gasteiger partial charge < -0.3 is 14.8 Å². The molecule has 0 aliphatic carbocycles. The van der Waals surface area contributed by atoms with Gasteiger partial charge in [0.1, 0.15) is 11.5 Å². The summed E-state index contributed by atoms with van der Waals surface area (Å²) in [5.74, 6) is 1.64. The van der Waals surface area contributed by atoms with Crippen molar-refractivity contribution in [2.75, 3.05) is 40.4 Å². The molecule has 2 aromatic rings. The number of methoxy groups -OCH3 is 2. The Kier molecular flexibility index (Phi) is 6.65. The standard InChI is InChI=1S/C20H24Cl2N2O2/c1-25-15-5-7-19(26-2)16(13-15)20(24-10-3-8-23-9-11-24)14-4-6-17(21)18(22)12-14/h4-7,12-13,20,23H,3,8-11H2,1-2H3. The number of ether oxygens (including phenoxy) is 2. The monoisotopic (exact) mass is 394 g/mol. The average Bonchev–Trinajstić information content (AvgIpc) is 2.94. The van der Waals surface area contributed by atoms with Crippen molar-refractivity contribution in [3.05, 3.63) is 57.6 Å². The predicted octanol–water partition coefficient (Wildman–Crippen LogP) is 4.40. The van der Waals surface area contributed by atoms with Crippen molar-refractivity contribution >= 4 is 23.2 Å². The molecule has 6 heteroatoms. The molecule has 0 spiro atoms. The van der Waals surface area contributed by atoms with E-state index >= 15 is 0 Å². The van der Waals surface area contributed by atoms with Gasteiger partial charge in [0, 0.05) is 25.2 Å². The third kappa shape index (κ3) is 4.26. The molecule has 1 fully saturated rings. The molecule has 1 N–H and O–H groups in total. The van der Waals surface area contributed by atoms with Crippen LogP contribution in [0.25, 0.3) is 0 Å². The largest absolute Gasteiger partial charge is 0.497 e. The van der Waals surface area contributed by atoms with Crippen molar-refractivity contribution in [1.29, 1.82) is 0 Å². The summed E-state index contributed by atoms with van der Waals surface area (Å²) in [6.07, 6.45) is 1.09. The van der Waals surface area contributed by atoms with Gasteiger partial charge in [-0.3, -0.25) is 4.90 Å². The number of nitrogens with one attached hydrogen (secondary N) is 1. The fourth-order valence-electron chi connectivity index (χ4n) is 3.45. The first-order valence-corrected chi connectivity index (χ1v) is 9.51. The second-order valence-corrected chi connectivity index (χ2v) is 7.14. The van der Waals surface area contributed by atoms with Crippen molar-refractivity contribution < 1.29 is 9.47 Å². The summed E-state index contributed by atoms with van der Waals surface area (Å²) < 4.78 is 11.1. The summed E-state index contributed by atoms with van der Waals surface area (Å²) in [6, 6.07) is 11.8. The van der Waals surface area contributed by atoms with Crippen LogP contribution in [0.15, 0.2) is 36.4 Å². The lowest BCUT2D eigenvalue weighted by atomic mass is 9.95. The van der Waals surface area contributed by atoms with Crippen LogP contribution < -0.4 is 14.8 Å². The smallest absolute Gasteiger partial charge is 0.124 e. The average molecular weight is 395 g/mol. The van der Waals surface area contributed by atoms with Crippen molar-refractivity contribution in [2.24, 2.45) is 0 Å². The highest BCUT2D eigenvalue weighted by molar-refractivity contribution is 6.42. The van der Waals surface area contributed by atoms with Gasteiger partial charge in [-0.05, 0) is 48.9 Å². The van der Waals surface area contributed by atoms with Crippen LogP contribution in [-0.2, 0) is 0 Å². The van der Waals surface area contributed by atoms with Crippen molar-refractivity contribution in [1.82, 2.24) is 10.2 Å². The molecule has 0 saturated carbocycles. The van der Waals surface area contributed by atoms with E-state index in [-0.39, 0.29) is 6.04 Å². The molecule has 0 radical (unpaired) electrons. The molecule has 1 atom stereocenters. The molecule has 0 amide bonds. The van der Waals surface area contributed by atoms with Gasteiger partial charge in [-0.25, -0.2) is 0 Å². The molecular weight excluding hydrogens is 371 g/mol. The third-order valence-corrected chi connectivity index (χ3v) is 5.47. The lowest BCUT2D eigenvalue weighted by Gasteiger charge is -2.32. The first kappa shape index (κ1) is 19.3. The summed E-state index contributed by atoms with van der Waals surface area (Å²) in [7, 11) is 3.37. The number of rotatable bonds is 5. The van der Waals surface area contributed by atoms with E-state index < -0.39 is 0 Å². The Morgan fingerprint density at radius 3 is 2.54 bits per heavy atom. The highest BCUT2D eigenvalue weighted by Crippen LogP contribution is 2.39. The molecule has 3 rings (SSSR count). The molecule has 1 aliphatic rings. The van der Waals surface area contributed by atoms with E-state index in [4.69, 9.17) is 32.7 Å². The van der Waals surface area contributed by atoms with E-state index in [9.17, 15) is 0 Å². The first-order valence-electron chi connectivity index (χ1n) is 8.75. The van der Waals surface area contributed by atoms with Crippen LogP contribution in [0, 0.1) is 0 Å². The van der Waals surface area contributed by atoms with Gasteiger partial charge in [-0.2, -0.15) is 0 Å². The van der Waals surface area contributed by atoms with Crippen LogP contribution in [-0.4, -0.2) is 45.3 Å². The Morgan fingerprint density at radius 1 is 0.962 bits per heavy atom. The maximum atomic E-state index is 6.33. The zero-order chi connectivity index (χ0) is 18.5. The summed E-state index contributed by atoms with van der Waals surface area (Å²) in [4.78, 5) is 2.46. The quantitative estimate of drug-likeness (QED) is 0.814. The number of nitrogens with zero attached hydrogens (tertiary/aromatic N) is 1. The fraction of sp³-hybridized carbons (Fsp3) is 0.400. The maximum Gasteiger partial charge on any atom is 0.124 e. The minimum atomic E-state index is 0.00900. The topological polar surface area (TPSA) is 33.7 Å². The van der Waals surface area contributed by atoms with Crippen LogP contribution in [0.3, 0.4) is 0 Å². The van der Waals surface area contributed by atoms with Crippen molar-refractivity contribution in [3.8, 4) is 11.5 Å². The Morgan fingerprint density at radius 2 is 1.81 bits per heavy atom. The normalized spacial score (nSPS) is 16.8. The third-order valence-electron chi connectivity index (χ3n) is 4.73. The van der Waals surface area contributed by atoms with E-state index in [1.54, 1.807) is 14.2 Å². The van der Waals surface area contributed by atoms with E-state index in [0.717, 1.165) is 55.2 Å². The second-order valence-electron chi connectivity index (χ2n) is 6.32. The molecule has 140 valence electrons. The highest BCUT2D eigenvalue weighted by atomic mass is 35.5. The van der Waals surface area contributed by atoms with Crippen LogP contribution in [0.1, 0.15) is 23.6 Å². The molecule has 1 unspecified atom stereocenters. The zero-order valence-electron chi connectivity index (χ0n) is 15.1. The minimum absolute atomic E-state index is 0.00900. The summed E-state index contributed by atoms with van der Waals surface area (Å²) >= 11 is 12.5. The number of halogens is 2. The van der Waals surface area contributed by atoms with Gasteiger partial charge in [0.15, 0.2) is 0 Å². The molecule has 2 aromatic carbocycles. The van der Waals surface area contributed by atoms with Gasteiger partial charge in [0.2, 0.25) is 0 Å². The van der Waals surface area contributed by atoms with Crippen LogP contribution in [0.2, 0.25) is 10.0 Å². The molecule has 1 aliphatic heterocycles. The van der Waals surface area contributed by atoms with E-state index in [1.807, 2.05) is 36.4 Å². The summed E-state index contributed by atoms with van der Waals surface area (Å²) in [6.45, 7) is 3.90. The Balaban J connectivity index is 2.12. The lowest BCUT2D eigenvalue weighted by Crippen LogP contribution is -2.33. The van der Waals surface area contributed by atoms with Gasteiger partial charge in [-0.15, -0.1) is 0 Å². The number of hydrogen-bond donors (Lipinski definition) is 1. The van der Waals surface area contributed by atoms with Crippen LogP contribution in [0.5, 0.6) is 11.5 Å². The first-order chi connectivity index (χ1) is 12.6. The van der Waals surface area contributed by atoms with Gasteiger partial charge in [-0.1, -0.05) is 29.3 Å². The number of benzene rings is 2. The lowest BCUT2D eigenvalue weighted by molar-refractivity contribution is 0.235. The van der Waals surface area contributed by atoms with Gasteiger partial charge in [0.25, 0.3) is 0 Å². The predicted molar refractivity (Wildman–Crippen MR) is 107 cm³/mol. The van der Waals surface area contributed by atoms with Crippen molar-refractivity contribution in [3.63, 3.8) is 0 Å². The van der Waals surface area contributed by atoms with E-state index in [1.165, 1.54) is 0 Å². The molecule has 1 heterocycles. The Bertz CT molecular complexity index is 747.